The zero-order valence-corrected chi connectivity index (χ0v) is 27.2. The highest BCUT2D eigenvalue weighted by Crippen LogP contribution is 2.46. The number of pyridine rings is 1. The maximum Gasteiger partial charge on any atom is 0.171 e. The van der Waals surface area contributed by atoms with Gasteiger partial charge in [-0.05, 0) is 48.5 Å². The van der Waals surface area contributed by atoms with E-state index in [1.807, 2.05) is 146 Å². The van der Waals surface area contributed by atoms with Gasteiger partial charge >= 0.3 is 0 Å². The van der Waals surface area contributed by atoms with Crippen LogP contribution in [-0.4, -0.2) is 9.55 Å². The first-order valence-electron chi connectivity index (χ1n) is 15.5. The number of aromatic nitrogens is 2. The van der Waals surface area contributed by atoms with Gasteiger partial charge in [0.05, 0.1) is 11.0 Å². The van der Waals surface area contributed by atoms with Crippen LogP contribution in [0.5, 0.6) is 0 Å². The summed E-state index contributed by atoms with van der Waals surface area (Å²) in [5.74, 6) is 0. The Bertz CT molecular complexity index is 2210. The number of hydrogen-bond donors (Lipinski definition) is 0. The van der Waals surface area contributed by atoms with Crippen molar-refractivity contribution in [2.24, 2.45) is 0 Å². The third-order valence-electron chi connectivity index (χ3n) is 8.86. The van der Waals surface area contributed by atoms with Crippen molar-refractivity contribution in [1.29, 1.82) is 0 Å². The zero-order chi connectivity index (χ0) is 31.8. The second kappa shape index (κ2) is 11.8. The fraction of sp³-hybridized carbons (Fsp3) is 0. The molecule has 0 radical (unpaired) electrons. The third-order valence-corrected chi connectivity index (χ3v) is 15.0. The molecule has 0 saturated heterocycles. The van der Waals surface area contributed by atoms with Gasteiger partial charge in [-0.25, -0.2) is 0 Å². The molecule has 0 saturated carbocycles. The van der Waals surface area contributed by atoms with Crippen LogP contribution in [0.4, 0.5) is 0 Å². The Kier molecular flexibility index (Phi) is 7.34. The van der Waals surface area contributed by atoms with E-state index in [0.717, 1.165) is 59.3 Å². The van der Waals surface area contributed by atoms with Crippen molar-refractivity contribution in [2.75, 3.05) is 0 Å². The molecule has 2 heterocycles. The molecular formula is C41H30N2O2P2. The molecular weight excluding hydrogens is 614 g/mol. The van der Waals surface area contributed by atoms with Crippen LogP contribution in [0.15, 0.2) is 182 Å². The fourth-order valence-corrected chi connectivity index (χ4v) is 12.0. The predicted molar refractivity (Wildman–Crippen MR) is 197 cm³/mol. The fourth-order valence-electron chi connectivity index (χ4n) is 6.61. The van der Waals surface area contributed by atoms with E-state index in [4.69, 9.17) is 0 Å². The van der Waals surface area contributed by atoms with Gasteiger partial charge in [0.2, 0.25) is 0 Å². The Labute approximate surface area is 273 Å². The molecule has 0 amide bonds. The molecule has 0 aliphatic rings. The molecule has 226 valence electrons. The monoisotopic (exact) mass is 644 g/mol. The molecule has 0 N–H and O–H groups in total. The topological polar surface area (TPSA) is 52.0 Å². The molecule has 8 aromatic rings. The summed E-state index contributed by atoms with van der Waals surface area (Å²) in [4.78, 5) is 4.26. The SMILES string of the molecule is O=P(c1ccccc1)(c1ccccc1)c1ccc2c(c1)c1cc(P(=O)(c3ccccc3)c3ccccc3)ccc1n2-c1ccncc1. The summed E-state index contributed by atoms with van der Waals surface area (Å²) in [7, 11) is -6.47. The minimum absolute atomic E-state index is 0.746. The molecule has 2 aromatic heterocycles. The smallest absolute Gasteiger partial charge is 0.171 e. The first-order chi connectivity index (χ1) is 23.1. The van der Waals surface area contributed by atoms with Crippen LogP contribution < -0.4 is 31.8 Å². The van der Waals surface area contributed by atoms with Gasteiger partial charge in [0, 0.05) is 60.7 Å². The molecule has 0 aliphatic carbocycles. The summed E-state index contributed by atoms with van der Waals surface area (Å²) in [5.41, 5.74) is 2.90. The number of benzene rings is 6. The Morgan fingerprint density at radius 2 is 0.723 bits per heavy atom. The predicted octanol–water partition coefficient (Wildman–Crippen LogP) is 7.46. The van der Waals surface area contributed by atoms with Crippen LogP contribution in [0.3, 0.4) is 0 Å². The molecule has 6 aromatic carbocycles. The van der Waals surface area contributed by atoms with Crippen LogP contribution in [0.25, 0.3) is 27.5 Å². The van der Waals surface area contributed by atoms with Crippen molar-refractivity contribution in [1.82, 2.24) is 9.55 Å². The summed E-state index contributed by atoms with van der Waals surface area (Å²) >= 11 is 0. The highest BCUT2D eigenvalue weighted by Gasteiger charge is 2.32. The highest BCUT2D eigenvalue weighted by atomic mass is 31.2. The van der Waals surface area contributed by atoms with E-state index in [2.05, 4.69) is 33.8 Å². The number of nitrogens with zero attached hydrogens (tertiary/aromatic N) is 2. The summed E-state index contributed by atoms with van der Waals surface area (Å²) in [6.45, 7) is 0. The van der Waals surface area contributed by atoms with Crippen molar-refractivity contribution in [3.8, 4) is 5.69 Å². The second-order valence-electron chi connectivity index (χ2n) is 11.5. The van der Waals surface area contributed by atoms with E-state index in [0.29, 0.717) is 0 Å². The number of hydrogen-bond acceptors (Lipinski definition) is 3. The van der Waals surface area contributed by atoms with Crippen molar-refractivity contribution >= 4 is 67.9 Å². The quantitative estimate of drug-likeness (QED) is 0.169. The summed E-state index contributed by atoms with van der Waals surface area (Å²) in [6.07, 6.45) is 3.57. The standard InChI is InChI=1S/C41H30N2O2P2/c44-46(32-13-5-1-6-14-32,33-15-7-2-8-16-33)36-21-23-40-38(29-36)39-30-37(22-24-41(39)43(40)31-25-27-42-28-26-31)47(45,34-17-9-3-10-18-34)35-19-11-4-12-20-35/h1-30H. The molecule has 4 nitrogen and oxygen atoms in total. The average molecular weight is 645 g/mol. The first-order valence-corrected chi connectivity index (χ1v) is 18.9. The lowest BCUT2D eigenvalue weighted by molar-refractivity contribution is 0.591. The van der Waals surface area contributed by atoms with Crippen LogP contribution >= 0.6 is 14.3 Å². The minimum atomic E-state index is -3.24. The van der Waals surface area contributed by atoms with Crippen molar-refractivity contribution < 1.29 is 9.13 Å². The van der Waals surface area contributed by atoms with Gasteiger partial charge in [-0.1, -0.05) is 121 Å². The van der Waals surface area contributed by atoms with Gasteiger partial charge in [-0.2, -0.15) is 0 Å². The number of rotatable bonds is 7. The van der Waals surface area contributed by atoms with Gasteiger partial charge in [0.1, 0.15) is 0 Å². The van der Waals surface area contributed by atoms with Crippen LogP contribution in [0, 0.1) is 0 Å². The summed E-state index contributed by atoms with van der Waals surface area (Å²) in [6, 6.07) is 55.2. The Morgan fingerprint density at radius 3 is 1.06 bits per heavy atom. The molecule has 6 heteroatoms. The van der Waals surface area contributed by atoms with Crippen LogP contribution in [0.1, 0.15) is 0 Å². The van der Waals surface area contributed by atoms with Gasteiger partial charge in [-0.3, -0.25) is 4.98 Å². The molecule has 0 atom stereocenters. The van der Waals surface area contributed by atoms with E-state index in [1.165, 1.54) is 0 Å². The van der Waals surface area contributed by atoms with Crippen LogP contribution in [0.2, 0.25) is 0 Å². The van der Waals surface area contributed by atoms with E-state index in [9.17, 15) is 0 Å². The average Bonchev–Trinajstić information content (AvgIpc) is 3.49. The van der Waals surface area contributed by atoms with Crippen LogP contribution in [-0.2, 0) is 9.13 Å². The van der Waals surface area contributed by atoms with Gasteiger partial charge < -0.3 is 13.7 Å². The summed E-state index contributed by atoms with van der Waals surface area (Å²) in [5, 5.41) is 6.49. The molecule has 0 unspecified atom stereocenters. The maximum atomic E-state index is 15.4. The molecule has 8 rings (SSSR count). The largest absolute Gasteiger partial charge is 0.309 e. The van der Waals surface area contributed by atoms with Gasteiger partial charge in [0.25, 0.3) is 0 Å². The third kappa shape index (κ3) is 4.81. The first kappa shape index (κ1) is 29.2. The van der Waals surface area contributed by atoms with E-state index < -0.39 is 14.3 Å². The lowest BCUT2D eigenvalue weighted by Crippen LogP contribution is -2.25. The van der Waals surface area contributed by atoms with E-state index >= 15 is 9.13 Å². The molecule has 0 bridgehead atoms. The molecule has 47 heavy (non-hydrogen) atoms. The Hall–Kier alpha value is -5.27. The number of fused-ring (bicyclic) bond motifs is 3. The van der Waals surface area contributed by atoms with Crippen molar-refractivity contribution in [3.05, 3.63) is 182 Å². The lowest BCUT2D eigenvalue weighted by Gasteiger charge is -2.20. The van der Waals surface area contributed by atoms with Crippen molar-refractivity contribution in [2.45, 2.75) is 0 Å². The normalized spacial score (nSPS) is 12.0. The van der Waals surface area contributed by atoms with E-state index in [1.54, 1.807) is 12.4 Å². The van der Waals surface area contributed by atoms with Gasteiger partial charge in [-0.15, -0.1) is 0 Å². The molecule has 0 spiro atoms. The summed E-state index contributed by atoms with van der Waals surface area (Å²) < 4.78 is 33.0. The molecule has 0 fully saturated rings. The van der Waals surface area contributed by atoms with E-state index in [-0.39, 0.29) is 0 Å². The zero-order valence-electron chi connectivity index (χ0n) is 25.4. The second-order valence-corrected chi connectivity index (χ2v) is 17.0. The maximum absolute atomic E-state index is 15.4. The Balaban J connectivity index is 1.44. The Morgan fingerprint density at radius 1 is 0.383 bits per heavy atom. The molecule has 0 aliphatic heterocycles. The highest BCUT2D eigenvalue weighted by molar-refractivity contribution is 7.85. The van der Waals surface area contributed by atoms with Crippen molar-refractivity contribution in [3.63, 3.8) is 0 Å². The van der Waals surface area contributed by atoms with Gasteiger partial charge in [0.15, 0.2) is 14.3 Å². The lowest BCUT2D eigenvalue weighted by atomic mass is 10.1. The minimum Gasteiger partial charge on any atom is -0.309 e.